The molecule has 4 rings (SSSR count). The molecule has 2 saturated heterocycles. The van der Waals surface area contributed by atoms with Crippen molar-refractivity contribution in [2.75, 3.05) is 62.4 Å². The maximum absolute atomic E-state index is 11.5. The molecule has 2 aliphatic heterocycles. The van der Waals surface area contributed by atoms with Crippen LogP contribution in [-0.2, 0) is 9.47 Å². The number of rotatable bonds is 5. The molecule has 0 amide bonds. The summed E-state index contributed by atoms with van der Waals surface area (Å²) < 4.78 is 10.7. The second-order valence-electron chi connectivity index (χ2n) is 7.19. The molecule has 2 heterocycles. The molecule has 0 atom stereocenters. The summed E-state index contributed by atoms with van der Waals surface area (Å²) in [5.41, 5.74) is 2.47. The Hall–Kier alpha value is -3.24. The molecule has 0 radical (unpaired) electrons. The summed E-state index contributed by atoms with van der Waals surface area (Å²) >= 11 is 0. The van der Waals surface area contributed by atoms with Crippen LogP contribution in [0.1, 0.15) is 0 Å². The summed E-state index contributed by atoms with van der Waals surface area (Å²) in [6.07, 6.45) is 0. The number of nitro groups is 2. The van der Waals surface area contributed by atoms with Gasteiger partial charge in [-0.15, -0.1) is 0 Å². The van der Waals surface area contributed by atoms with E-state index in [1.807, 2.05) is 21.9 Å². The molecule has 0 aliphatic carbocycles. The summed E-state index contributed by atoms with van der Waals surface area (Å²) in [6, 6.07) is 9.70. The van der Waals surface area contributed by atoms with Gasteiger partial charge >= 0.3 is 0 Å². The van der Waals surface area contributed by atoms with Crippen LogP contribution < -0.4 is 9.80 Å². The number of non-ortho nitro benzene ring substituents is 2. The lowest BCUT2D eigenvalue weighted by Crippen LogP contribution is -2.36. The zero-order chi connectivity index (χ0) is 21.1. The van der Waals surface area contributed by atoms with Crippen LogP contribution in [0.5, 0.6) is 0 Å². The molecule has 2 fully saturated rings. The Kier molecular flexibility index (Phi) is 5.77. The third-order valence-electron chi connectivity index (χ3n) is 5.31. The normalized spacial score (nSPS) is 17.1. The number of benzene rings is 2. The smallest absolute Gasteiger partial charge is 0.272 e. The van der Waals surface area contributed by atoms with Crippen molar-refractivity contribution in [3.8, 4) is 11.1 Å². The van der Waals surface area contributed by atoms with Gasteiger partial charge in [0, 0.05) is 61.8 Å². The summed E-state index contributed by atoms with van der Waals surface area (Å²) in [4.78, 5) is 26.3. The van der Waals surface area contributed by atoms with Crippen molar-refractivity contribution in [1.29, 1.82) is 0 Å². The molecule has 10 nitrogen and oxygen atoms in total. The molecule has 0 N–H and O–H groups in total. The van der Waals surface area contributed by atoms with E-state index in [1.165, 1.54) is 24.3 Å². The number of hydrogen-bond acceptors (Lipinski definition) is 8. The van der Waals surface area contributed by atoms with E-state index in [0.717, 1.165) is 0 Å². The average molecular weight is 414 g/mol. The van der Waals surface area contributed by atoms with Crippen molar-refractivity contribution in [2.24, 2.45) is 0 Å². The van der Waals surface area contributed by atoms with Crippen molar-refractivity contribution in [1.82, 2.24) is 0 Å². The maximum Gasteiger partial charge on any atom is 0.272 e. The van der Waals surface area contributed by atoms with Crippen molar-refractivity contribution < 1.29 is 19.3 Å². The number of hydrogen-bond donors (Lipinski definition) is 0. The van der Waals surface area contributed by atoms with Gasteiger partial charge in [-0.2, -0.15) is 0 Å². The zero-order valence-electron chi connectivity index (χ0n) is 16.4. The van der Waals surface area contributed by atoms with Gasteiger partial charge in [0.25, 0.3) is 11.4 Å². The summed E-state index contributed by atoms with van der Waals surface area (Å²) in [7, 11) is 0. The van der Waals surface area contributed by atoms with Crippen LogP contribution in [0.3, 0.4) is 0 Å². The number of ether oxygens (including phenoxy) is 2. The molecule has 30 heavy (non-hydrogen) atoms. The second-order valence-corrected chi connectivity index (χ2v) is 7.19. The largest absolute Gasteiger partial charge is 0.378 e. The maximum atomic E-state index is 11.5. The molecule has 0 saturated carbocycles. The standard InChI is InChI=1S/C20H22N4O6/c25-23(26)19-11-15(9-17(13-19)21-1-5-29-6-2-21)16-10-18(14-20(12-16)24(27)28)22-3-7-30-8-4-22/h9-14H,1-8H2. The molecule has 0 bridgehead atoms. The van der Waals surface area contributed by atoms with Crippen molar-refractivity contribution in [3.63, 3.8) is 0 Å². The molecule has 2 aromatic carbocycles. The van der Waals surface area contributed by atoms with E-state index in [4.69, 9.17) is 9.47 Å². The molecule has 2 aromatic rings. The molecular formula is C20H22N4O6. The first-order valence-electron chi connectivity index (χ1n) is 9.76. The summed E-state index contributed by atoms with van der Waals surface area (Å²) in [5.74, 6) is 0. The Morgan fingerprint density at radius 2 is 1.00 bits per heavy atom. The minimum absolute atomic E-state index is 0.0478. The minimum Gasteiger partial charge on any atom is -0.378 e. The fraction of sp³-hybridized carbons (Fsp3) is 0.400. The third-order valence-corrected chi connectivity index (χ3v) is 5.31. The first-order chi connectivity index (χ1) is 14.5. The van der Waals surface area contributed by atoms with Gasteiger partial charge in [-0.25, -0.2) is 0 Å². The van der Waals surface area contributed by atoms with Crippen molar-refractivity contribution in [2.45, 2.75) is 0 Å². The van der Waals surface area contributed by atoms with E-state index in [2.05, 4.69) is 0 Å². The predicted octanol–water partition coefficient (Wildman–Crippen LogP) is 2.84. The van der Waals surface area contributed by atoms with Gasteiger partial charge < -0.3 is 19.3 Å². The molecule has 2 aliphatic rings. The predicted molar refractivity (Wildman–Crippen MR) is 111 cm³/mol. The molecular weight excluding hydrogens is 392 g/mol. The number of morpholine rings is 2. The molecule has 0 aromatic heterocycles. The highest BCUT2D eigenvalue weighted by atomic mass is 16.6. The summed E-state index contributed by atoms with van der Waals surface area (Å²) in [5, 5.41) is 23.1. The quantitative estimate of drug-likeness (QED) is 0.542. The number of nitrogens with zero attached hydrogens (tertiary/aromatic N) is 4. The zero-order valence-corrected chi connectivity index (χ0v) is 16.4. The third kappa shape index (κ3) is 4.34. The highest BCUT2D eigenvalue weighted by molar-refractivity contribution is 5.77. The van der Waals surface area contributed by atoms with Gasteiger partial charge in [-0.1, -0.05) is 0 Å². The first kappa shape index (κ1) is 20.0. The fourth-order valence-electron chi connectivity index (χ4n) is 3.74. The van der Waals surface area contributed by atoms with Gasteiger partial charge in [0.15, 0.2) is 0 Å². The highest BCUT2D eigenvalue weighted by Crippen LogP contribution is 2.35. The van der Waals surface area contributed by atoms with Crippen LogP contribution >= 0.6 is 0 Å². The Balaban J connectivity index is 1.79. The SMILES string of the molecule is O=[N+]([O-])c1cc(-c2cc(N3CCOCC3)cc([N+](=O)[O-])c2)cc(N2CCOCC2)c1. The van der Waals surface area contributed by atoms with Crippen LogP contribution in [0.2, 0.25) is 0 Å². The van der Waals surface area contributed by atoms with E-state index < -0.39 is 9.85 Å². The van der Waals surface area contributed by atoms with E-state index in [1.54, 1.807) is 0 Å². The second kappa shape index (κ2) is 8.64. The number of anilines is 2. The van der Waals surface area contributed by atoms with E-state index in [9.17, 15) is 20.2 Å². The van der Waals surface area contributed by atoms with E-state index in [0.29, 0.717) is 75.1 Å². The van der Waals surface area contributed by atoms with Crippen LogP contribution in [0.4, 0.5) is 22.7 Å². The fourth-order valence-corrected chi connectivity index (χ4v) is 3.74. The Morgan fingerprint density at radius 1 is 0.633 bits per heavy atom. The first-order valence-corrected chi connectivity index (χ1v) is 9.76. The van der Waals surface area contributed by atoms with Crippen LogP contribution in [0.15, 0.2) is 36.4 Å². The molecule has 10 heteroatoms. The van der Waals surface area contributed by atoms with Crippen LogP contribution in [0.25, 0.3) is 11.1 Å². The van der Waals surface area contributed by atoms with Gasteiger partial charge in [-0.3, -0.25) is 20.2 Å². The topological polar surface area (TPSA) is 111 Å². The average Bonchev–Trinajstić information content (AvgIpc) is 2.79. The Morgan fingerprint density at radius 3 is 1.33 bits per heavy atom. The van der Waals surface area contributed by atoms with E-state index >= 15 is 0 Å². The lowest BCUT2D eigenvalue weighted by molar-refractivity contribution is -0.385. The van der Waals surface area contributed by atoms with Crippen molar-refractivity contribution in [3.05, 3.63) is 56.6 Å². The lowest BCUT2D eigenvalue weighted by atomic mass is 10.0. The van der Waals surface area contributed by atoms with Gasteiger partial charge in [0.1, 0.15) is 0 Å². The summed E-state index contributed by atoms with van der Waals surface area (Å²) in [6.45, 7) is 4.74. The molecule has 0 spiro atoms. The monoisotopic (exact) mass is 414 g/mol. The number of nitro benzene ring substituents is 2. The molecule has 158 valence electrons. The van der Waals surface area contributed by atoms with Gasteiger partial charge in [-0.05, 0) is 23.3 Å². The lowest BCUT2D eigenvalue weighted by Gasteiger charge is -2.30. The highest BCUT2D eigenvalue weighted by Gasteiger charge is 2.21. The van der Waals surface area contributed by atoms with Gasteiger partial charge in [0.05, 0.1) is 36.3 Å². The van der Waals surface area contributed by atoms with Crippen LogP contribution in [-0.4, -0.2) is 62.5 Å². The van der Waals surface area contributed by atoms with Crippen molar-refractivity contribution >= 4 is 22.7 Å². The minimum atomic E-state index is -0.437. The Bertz CT molecular complexity index is 877. The van der Waals surface area contributed by atoms with Gasteiger partial charge in [0.2, 0.25) is 0 Å². The van der Waals surface area contributed by atoms with E-state index in [-0.39, 0.29) is 11.4 Å². The molecule has 0 unspecified atom stereocenters. The Labute approximate surface area is 172 Å². The van der Waals surface area contributed by atoms with Crippen LogP contribution in [0, 0.1) is 20.2 Å².